The topological polar surface area (TPSA) is 74.3 Å². The number of benzene rings is 1. The average Bonchev–Trinajstić information content (AvgIpc) is 2.50. The monoisotopic (exact) mass is 460 g/mol. The minimum Gasteiger partial charge on any atom is -0.487 e. The highest BCUT2D eigenvalue weighted by molar-refractivity contribution is 7.80. The van der Waals surface area contributed by atoms with Crippen molar-refractivity contribution >= 4 is 82.1 Å². The van der Waals surface area contributed by atoms with E-state index in [0.29, 0.717) is 26.9 Å². The maximum Gasteiger partial charge on any atom is 0.299 e. The fourth-order valence-electron chi connectivity index (χ4n) is 1.50. The van der Waals surface area contributed by atoms with Crippen molar-refractivity contribution in [1.82, 2.24) is 9.80 Å². The highest BCUT2D eigenvalue weighted by Crippen LogP contribution is 2.26. The van der Waals surface area contributed by atoms with Gasteiger partial charge in [-0.2, -0.15) is 4.99 Å². The van der Waals surface area contributed by atoms with Crippen LogP contribution in [0.2, 0.25) is 10.0 Å². The number of nitrogens with zero attached hydrogens (tertiary/aromatic N) is 3. The van der Waals surface area contributed by atoms with Gasteiger partial charge in [0.15, 0.2) is 0 Å². The fourth-order valence-corrected chi connectivity index (χ4v) is 2.13. The quantitative estimate of drug-likeness (QED) is 0.392. The molecule has 148 valence electrons. The summed E-state index contributed by atoms with van der Waals surface area (Å²) in [6.45, 7) is 5.60. The van der Waals surface area contributed by atoms with Crippen LogP contribution < -0.4 is 5.73 Å². The lowest BCUT2D eigenvalue weighted by atomic mass is 10.3. The predicted octanol–water partition coefficient (Wildman–Crippen LogP) is 4.40. The Bertz CT molecular complexity index is 623. The van der Waals surface area contributed by atoms with E-state index in [9.17, 15) is 0 Å². The molecule has 0 bridgehead atoms. The van der Waals surface area contributed by atoms with Crippen LogP contribution in [0.25, 0.3) is 0 Å². The summed E-state index contributed by atoms with van der Waals surface area (Å²) in [6.07, 6.45) is 0. The largest absolute Gasteiger partial charge is 0.487 e. The van der Waals surface area contributed by atoms with E-state index in [1.807, 2.05) is 32.8 Å². The molecule has 0 aliphatic heterocycles. The fraction of sp³-hybridized carbons (Fsp3) is 0.400. The van der Waals surface area contributed by atoms with Gasteiger partial charge in [0.2, 0.25) is 0 Å². The predicted molar refractivity (Wildman–Crippen MR) is 121 cm³/mol. The second kappa shape index (κ2) is 14.1. The SMILES string of the molecule is CCN(CC)C(=S)OC(=Nc1ccc(Cl)c(Cl)c1)N(C)C.Cl.NC(O)=S. The van der Waals surface area contributed by atoms with Gasteiger partial charge in [-0.1, -0.05) is 23.2 Å². The van der Waals surface area contributed by atoms with E-state index in [0.717, 1.165) is 13.1 Å². The number of amidine groups is 1. The number of hydrogen-bond acceptors (Lipinski definition) is 4. The molecule has 3 N–H and O–H groups in total. The Morgan fingerprint density at radius 1 is 1.19 bits per heavy atom. The number of aliphatic hydroxyl groups is 1. The smallest absolute Gasteiger partial charge is 0.299 e. The van der Waals surface area contributed by atoms with Crippen molar-refractivity contribution in [3.63, 3.8) is 0 Å². The minimum absolute atomic E-state index is 0. The zero-order valence-electron chi connectivity index (χ0n) is 14.9. The third kappa shape index (κ3) is 10.8. The first-order valence-electron chi connectivity index (χ1n) is 7.28. The molecule has 0 spiro atoms. The van der Waals surface area contributed by atoms with Gasteiger partial charge in [0, 0.05) is 27.2 Å². The molecular formula is C15H23Cl3N4O2S2. The Kier molecular flexibility index (Phi) is 14.7. The van der Waals surface area contributed by atoms with Crippen LogP contribution in [0.3, 0.4) is 0 Å². The average molecular weight is 462 g/mol. The lowest BCUT2D eigenvalue weighted by molar-refractivity contribution is 0.340. The number of aliphatic imine (C=N–C) groups is 1. The van der Waals surface area contributed by atoms with E-state index in [2.05, 4.69) is 22.9 Å². The van der Waals surface area contributed by atoms with Gasteiger partial charge in [-0.25, -0.2) is 0 Å². The summed E-state index contributed by atoms with van der Waals surface area (Å²) in [5, 5.41) is 8.39. The zero-order chi connectivity index (χ0) is 19.6. The molecule has 0 heterocycles. The standard InChI is InChI=1S/C14H19Cl2N3OS.CH3NOS.ClH/c1-5-19(6-2)14(21)20-13(18(3)4)17-10-7-8-11(15)12(16)9-10;2-1(3)4;/h7-9H,5-6H2,1-4H3;(H3,2,3,4);1H. The number of thiocarbonyl (C=S) groups is 2. The second-order valence-electron chi connectivity index (χ2n) is 4.77. The highest BCUT2D eigenvalue weighted by atomic mass is 35.5. The van der Waals surface area contributed by atoms with E-state index in [4.69, 9.17) is 45.3 Å². The Labute approximate surface area is 181 Å². The van der Waals surface area contributed by atoms with E-state index < -0.39 is 5.17 Å². The Morgan fingerprint density at radius 2 is 1.69 bits per heavy atom. The summed E-state index contributed by atoms with van der Waals surface area (Å²) < 4.78 is 5.69. The molecule has 0 fully saturated rings. The van der Waals surface area contributed by atoms with Crippen LogP contribution >= 0.6 is 60.0 Å². The van der Waals surface area contributed by atoms with Gasteiger partial charge in [-0.15, -0.1) is 12.4 Å². The van der Waals surface area contributed by atoms with Crippen LogP contribution in [0, 0.1) is 0 Å². The molecule has 11 heteroatoms. The molecule has 0 saturated heterocycles. The molecule has 1 rings (SSSR count). The molecule has 1 aromatic carbocycles. The van der Waals surface area contributed by atoms with Gasteiger partial charge >= 0.3 is 0 Å². The van der Waals surface area contributed by atoms with Crippen molar-refractivity contribution < 1.29 is 9.84 Å². The van der Waals surface area contributed by atoms with Gasteiger partial charge in [-0.05, 0) is 56.5 Å². The molecule has 6 nitrogen and oxygen atoms in total. The molecule has 0 atom stereocenters. The van der Waals surface area contributed by atoms with Crippen molar-refractivity contribution in [3.8, 4) is 0 Å². The van der Waals surface area contributed by atoms with Crippen LogP contribution in [0.5, 0.6) is 0 Å². The van der Waals surface area contributed by atoms with Crippen molar-refractivity contribution in [2.24, 2.45) is 10.7 Å². The number of nitrogens with two attached hydrogens (primary N) is 1. The van der Waals surface area contributed by atoms with Gasteiger partial charge in [0.25, 0.3) is 16.4 Å². The summed E-state index contributed by atoms with van der Waals surface area (Å²) >= 11 is 21.0. The third-order valence-corrected chi connectivity index (χ3v) is 3.79. The van der Waals surface area contributed by atoms with E-state index in [-0.39, 0.29) is 12.4 Å². The number of aliphatic hydroxyl groups excluding tert-OH is 1. The van der Waals surface area contributed by atoms with Crippen LogP contribution in [0.15, 0.2) is 23.2 Å². The summed E-state index contributed by atoms with van der Waals surface area (Å²) in [7, 11) is 3.67. The normalized spacial score (nSPS) is 10.0. The summed E-state index contributed by atoms with van der Waals surface area (Å²) in [6, 6.07) is 5.53. The number of ether oxygens (including phenoxy) is 1. The minimum atomic E-state index is -0.500. The maximum atomic E-state index is 7.56. The number of rotatable bonds is 3. The van der Waals surface area contributed by atoms with Crippen LogP contribution in [0.1, 0.15) is 13.8 Å². The Hall–Kier alpha value is -1.06. The molecule has 0 amide bonds. The zero-order valence-corrected chi connectivity index (χ0v) is 18.9. The molecule has 0 radical (unpaired) electrons. The molecule has 0 saturated carbocycles. The van der Waals surface area contributed by atoms with Crippen molar-refractivity contribution in [1.29, 1.82) is 0 Å². The lowest BCUT2D eigenvalue weighted by Gasteiger charge is -2.23. The molecule has 0 aliphatic carbocycles. The Balaban J connectivity index is 0. The van der Waals surface area contributed by atoms with E-state index >= 15 is 0 Å². The van der Waals surface area contributed by atoms with Gasteiger partial charge in [0.1, 0.15) is 0 Å². The van der Waals surface area contributed by atoms with Gasteiger partial charge in [0.05, 0.1) is 15.7 Å². The first-order valence-corrected chi connectivity index (χ1v) is 8.85. The summed E-state index contributed by atoms with van der Waals surface area (Å²) in [5.74, 6) is 0. The van der Waals surface area contributed by atoms with Crippen molar-refractivity contribution in [2.45, 2.75) is 13.8 Å². The van der Waals surface area contributed by atoms with Crippen molar-refractivity contribution in [2.75, 3.05) is 27.2 Å². The summed E-state index contributed by atoms with van der Waals surface area (Å²) in [5.41, 5.74) is 5.05. The molecule has 0 aliphatic rings. The summed E-state index contributed by atoms with van der Waals surface area (Å²) in [4.78, 5) is 8.10. The van der Waals surface area contributed by atoms with E-state index in [1.165, 1.54) is 0 Å². The lowest BCUT2D eigenvalue weighted by Crippen LogP contribution is -2.36. The number of halogens is 3. The molecule has 0 aromatic heterocycles. The first kappa shape index (κ1) is 27.2. The van der Waals surface area contributed by atoms with Gasteiger partial charge in [-0.3, -0.25) is 0 Å². The molecule has 26 heavy (non-hydrogen) atoms. The van der Waals surface area contributed by atoms with Crippen LogP contribution in [-0.4, -0.2) is 58.5 Å². The first-order chi connectivity index (χ1) is 11.6. The molecule has 0 unspecified atom stereocenters. The number of hydrogen-bond donors (Lipinski definition) is 2. The molecular weight excluding hydrogens is 439 g/mol. The molecule has 1 aromatic rings. The van der Waals surface area contributed by atoms with Crippen LogP contribution in [-0.2, 0) is 4.74 Å². The second-order valence-corrected chi connectivity index (χ2v) is 6.35. The van der Waals surface area contributed by atoms with Crippen molar-refractivity contribution in [3.05, 3.63) is 28.2 Å². The van der Waals surface area contributed by atoms with E-state index in [1.54, 1.807) is 23.1 Å². The third-order valence-electron chi connectivity index (χ3n) is 2.71. The Morgan fingerprint density at radius 3 is 2.08 bits per heavy atom. The highest BCUT2D eigenvalue weighted by Gasteiger charge is 2.13. The van der Waals surface area contributed by atoms with Gasteiger partial charge < -0.3 is 25.4 Å². The maximum absolute atomic E-state index is 7.56. The van der Waals surface area contributed by atoms with Crippen LogP contribution in [0.4, 0.5) is 5.69 Å².